The number of nitrogens with one attached hydrogen (secondary N) is 1. The quantitative estimate of drug-likeness (QED) is 0.923. The first-order chi connectivity index (χ1) is 11.2. The van der Waals surface area contributed by atoms with Crippen LogP contribution in [0.2, 0.25) is 0 Å². The van der Waals surface area contributed by atoms with Crippen molar-refractivity contribution in [1.29, 1.82) is 0 Å². The highest BCUT2D eigenvalue weighted by Crippen LogP contribution is 2.40. The van der Waals surface area contributed by atoms with Gasteiger partial charge in [0, 0.05) is 37.5 Å². The number of hydrogen-bond donors (Lipinski definition) is 1. The summed E-state index contributed by atoms with van der Waals surface area (Å²) < 4.78 is 5.25. The predicted octanol–water partition coefficient (Wildman–Crippen LogP) is 1.60. The van der Waals surface area contributed by atoms with Crippen molar-refractivity contribution in [1.82, 2.24) is 20.4 Å². The summed E-state index contributed by atoms with van der Waals surface area (Å²) in [5.74, 6) is 2.29. The Balaban J connectivity index is 1.40. The lowest BCUT2D eigenvalue weighted by Gasteiger charge is -2.17. The molecule has 1 aliphatic heterocycles. The number of nitrogens with zero attached hydrogens (tertiary/aromatic N) is 4. The third kappa shape index (κ3) is 2.91. The minimum absolute atomic E-state index is 0.0607. The largest absolute Gasteiger partial charge is 0.360 e. The second kappa shape index (κ2) is 5.64. The SMILES string of the molecule is C[C@@H]1CN(c2cnccn2)C[C@@H]1NC(=O)c1cc(C2CC2)on1. The number of carbonyl (C=O) groups is 1. The molecule has 2 aromatic rings. The maximum Gasteiger partial charge on any atom is 0.273 e. The molecule has 1 aliphatic carbocycles. The average Bonchev–Trinajstić information content (AvgIpc) is 3.18. The summed E-state index contributed by atoms with van der Waals surface area (Å²) in [6, 6.07) is 1.83. The van der Waals surface area contributed by atoms with Crippen molar-refractivity contribution in [3.8, 4) is 0 Å². The van der Waals surface area contributed by atoms with Gasteiger partial charge in [-0.2, -0.15) is 0 Å². The van der Waals surface area contributed by atoms with Crippen LogP contribution in [0.15, 0.2) is 29.2 Å². The predicted molar refractivity (Wildman–Crippen MR) is 83.1 cm³/mol. The molecule has 1 N–H and O–H groups in total. The molecule has 2 atom stereocenters. The zero-order valence-electron chi connectivity index (χ0n) is 13.0. The summed E-state index contributed by atoms with van der Waals surface area (Å²) in [5.41, 5.74) is 0.372. The Morgan fingerprint density at radius 3 is 2.96 bits per heavy atom. The topological polar surface area (TPSA) is 84.2 Å². The van der Waals surface area contributed by atoms with Gasteiger partial charge in [-0.25, -0.2) is 4.98 Å². The van der Waals surface area contributed by atoms with Gasteiger partial charge in [-0.15, -0.1) is 0 Å². The van der Waals surface area contributed by atoms with Crippen molar-refractivity contribution in [2.24, 2.45) is 5.92 Å². The van der Waals surface area contributed by atoms with Gasteiger partial charge in [0.25, 0.3) is 5.91 Å². The van der Waals surface area contributed by atoms with Gasteiger partial charge in [0.05, 0.1) is 12.2 Å². The number of rotatable bonds is 4. The fraction of sp³-hybridized carbons (Fsp3) is 0.500. The highest BCUT2D eigenvalue weighted by Gasteiger charge is 2.33. The van der Waals surface area contributed by atoms with Crippen LogP contribution in [0.5, 0.6) is 0 Å². The first-order valence-corrected chi connectivity index (χ1v) is 7.99. The molecular weight excluding hydrogens is 294 g/mol. The first-order valence-electron chi connectivity index (χ1n) is 7.99. The Bertz CT molecular complexity index is 698. The second-order valence-corrected chi connectivity index (χ2v) is 6.41. The fourth-order valence-corrected chi connectivity index (χ4v) is 3.00. The molecule has 2 fully saturated rings. The van der Waals surface area contributed by atoms with E-state index in [1.807, 2.05) is 0 Å². The van der Waals surface area contributed by atoms with E-state index in [1.54, 1.807) is 24.7 Å². The van der Waals surface area contributed by atoms with E-state index in [0.717, 1.165) is 37.5 Å². The molecule has 4 rings (SSSR count). The number of amides is 1. The van der Waals surface area contributed by atoms with Gasteiger partial charge in [0.1, 0.15) is 11.6 Å². The van der Waals surface area contributed by atoms with Crippen molar-refractivity contribution >= 4 is 11.7 Å². The lowest BCUT2D eigenvalue weighted by molar-refractivity contribution is 0.0924. The lowest BCUT2D eigenvalue weighted by Crippen LogP contribution is -2.40. The summed E-state index contributed by atoms with van der Waals surface area (Å²) in [5, 5.41) is 6.96. The highest BCUT2D eigenvalue weighted by atomic mass is 16.5. The highest BCUT2D eigenvalue weighted by molar-refractivity contribution is 5.92. The van der Waals surface area contributed by atoms with Crippen LogP contribution in [-0.2, 0) is 0 Å². The van der Waals surface area contributed by atoms with Crippen LogP contribution in [0.3, 0.4) is 0 Å². The first kappa shape index (κ1) is 14.2. The smallest absolute Gasteiger partial charge is 0.273 e. The molecule has 0 aromatic carbocycles. The Morgan fingerprint density at radius 1 is 1.35 bits per heavy atom. The zero-order chi connectivity index (χ0) is 15.8. The third-order valence-corrected chi connectivity index (χ3v) is 4.54. The Kier molecular flexibility index (Phi) is 3.48. The lowest BCUT2D eigenvalue weighted by atomic mass is 10.1. The van der Waals surface area contributed by atoms with Crippen molar-refractivity contribution in [3.05, 3.63) is 36.1 Å². The van der Waals surface area contributed by atoms with E-state index in [9.17, 15) is 4.79 Å². The van der Waals surface area contributed by atoms with Gasteiger partial charge in [-0.05, 0) is 18.8 Å². The standard InChI is InChI=1S/C16H19N5O2/c1-10-8-21(15-7-17-4-5-18-15)9-13(10)19-16(22)12-6-14(23-20-12)11-2-3-11/h4-7,10-11,13H,2-3,8-9H2,1H3,(H,19,22)/t10-,13+/m1/s1. The summed E-state index contributed by atoms with van der Waals surface area (Å²) in [6.45, 7) is 3.69. The van der Waals surface area contributed by atoms with Crippen molar-refractivity contribution in [2.45, 2.75) is 31.7 Å². The number of hydrogen-bond acceptors (Lipinski definition) is 6. The van der Waals surface area contributed by atoms with Crippen molar-refractivity contribution < 1.29 is 9.32 Å². The fourth-order valence-electron chi connectivity index (χ4n) is 3.00. The molecular formula is C16H19N5O2. The molecule has 1 saturated heterocycles. The van der Waals surface area contributed by atoms with E-state index in [-0.39, 0.29) is 11.9 Å². The molecule has 1 saturated carbocycles. The van der Waals surface area contributed by atoms with Crippen LogP contribution in [-0.4, -0.2) is 40.2 Å². The second-order valence-electron chi connectivity index (χ2n) is 6.41. The molecule has 0 radical (unpaired) electrons. The van der Waals surface area contributed by atoms with Crippen LogP contribution in [0, 0.1) is 5.92 Å². The third-order valence-electron chi connectivity index (χ3n) is 4.54. The molecule has 2 aromatic heterocycles. The van der Waals surface area contributed by atoms with Crippen molar-refractivity contribution in [2.75, 3.05) is 18.0 Å². The molecule has 3 heterocycles. The molecule has 0 unspecified atom stereocenters. The van der Waals surface area contributed by atoms with Gasteiger partial charge in [0.15, 0.2) is 5.69 Å². The van der Waals surface area contributed by atoms with Crippen LogP contribution in [0.25, 0.3) is 0 Å². The van der Waals surface area contributed by atoms with E-state index in [2.05, 4.69) is 32.3 Å². The van der Waals surface area contributed by atoms with E-state index < -0.39 is 0 Å². The van der Waals surface area contributed by atoms with Gasteiger partial charge in [-0.3, -0.25) is 9.78 Å². The Morgan fingerprint density at radius 2 is 2.22 bits per heavy atom. The van der Waals surface area contributed by atoms with Gasteiger partial charge in [0.2, 0.25) is 0 Å². The normalized spacial score (nSPS) is 24.0. The van der Waals surface area contributed by atoms with Crippen LogP contribution >= 0.6 is 0 Å². The molecule has 7 heteroatoms. The minimum atomic E-state index is -0.168. The van der Waals surface area contributed by atoms with Crippen molar-refractivity contribution in [3.63, 3.8) is 0 Å². The van der Waals surface area contributed by atoms with Gasteiger partial charge >= 0.3 is 0 Å². The van der Waals surface area contributed by atoms with E-state index in [4.69, 9.17) is 4.52 Å². The molecule has 2 aliphatic rings. The molecule has 7 nitrogen and oxygen atoms in total. The van der Waals surface area contributed by atoms with Crippen LogP contribution in [0.1, 0.15) is 41.9 Å². The summed E-state index contributed by atoms with van der Waals surface area (Å²) in [7, 11) is 0. The molecule has 120 valence electrons. The molecule has 0 bridgehead atoms. The Hall–Kier alpha value is -2.44. The maximum atomic E-state index is 12.4. The maximum absolute atomic E-state index is 12.4. The van der Waals surface area contributed by atoms with Gasteiger partial charge < -0.3 is 14.7 Å². The minimum Gasteiger partial charge on any atom is -0.360 e. The summed E-state index contributed by atoms with van der Waals surface area (Å²) in [4.78, 5) is 22.9. The average molecular weight is 313 g/mol. The monoisotopic (exact) mass is 313 g/mol. The molecule has 23 heavy (non-hydrogen) atoms. The van der Waals surface area contributed by atoms with Crippen LogP contribution in [0.4, 0.5) is 5.82 Å². The zero-order valence-corrected chi connectivity index (χ0v) is 13.0. The summed E-state index contributed by atoms with van der Waals surface area (Å²) >= 11 is 0. The Labute approximate surface area is 134 Å². The van der Waals surface area contributed by atoms with E-state index in [0.29, 0.717) is 17.5 Å². The molecule has 1 amide bonds. The van der Waals surface area contributed by atoms with Crippen LogP contribution < -0.4 is 10.2 Å². The number of anilines is 1. The van der Waals surface area contributed by atoms with E-state index in [1.165, 1.54) is 0 Å². The number of carbonyl (C=O) groups excluding carboxylic acids is 1. The molecule has 0 spiro atoms. The van der Waals surface area contributed by atoms with E-state index >= 15 is 0 Å². The number of aromatic nitrogens is 3. The van der Waals surface area contributed by atoms with Gasteiger partial charge in [-0.1, -0.05) is 12.1 Å². The summed E-state index contributed by atoms with van der Waals surface area (Å²) in [6.07, 6.45) is 7.34.